The van der Waals surface area contributed by atoms with E-state index >= 15 is 0 Å². The Hall–Kier alpha value is -3.33. The fourth-order valence-corrected chi connectivity index (χ4v) is 5.00. The quantitative estimate of drug-likeness (QED) is 0.140. The lowest BCUT2D eigenvalue weighted by Crippen LogP contribution is -2.32. The Morgan fingerprint density at radius 1 is 1.00 bits per heavy atom. The van der Waals surface area contributed by atoms with E-state index in [-0.39, 0.29) is 24.4 Å². The normalized spacial score (nSPS) is 11.4. The highest BCUT2D eigenvalue weighted by atomic mass is 32.2. The maximum atomic E-state index is 13.1. The Kier molecular flexibility index (Phi) is 11.0. The molecule has 0 aliphatic heterocycles. The summed E-state index contributed by atoms with van der Waals surface area (Å²) in [5.41, 5.74) is 2.35. The fourth-order valence-electron chi connectivity index (χ4n) is 4.06. The molecule has 0 saturated carbocycles. The van der Waals surface area contributed by atoms with Gasteiger partial charge in [-0.3, -0.25) is 9.59 Å². The topological polar surface area (TPSA) is 90.7 Å². The summed E-state index contributed by atoms with van der Waals surface area (Å²) in [5.74, 6) is 0.0729. The molecule has 1 heterocycles. The molecule has 8 nitrogen and oxygen atoms in total. The van der Waals surface area contributed by atoms with Crippen LogP contribution in [0.15, 0.2) is 53.7 Å². The van der Waals surface area contributed by atoms with E-state index in [0.29, 0.717) is 30.9 Å². The van der Waals surface area contributed by atoms with Gasteiger partial charge in [-0.05, 0) is 76.9 Å². The Balaban J connectivity index is 1.70. The van der Waals surface area contributed by atoms with Crippen molar-refractivity contribution in [3.05, 3.63) is 54.1 Å². The molecule has 1 aromatic heterocycles. The molecule has 0 radical (unpaired) electrons. The molecule has 0 fully saturated rings. The molecule has 3 aromatic rings. The number of benzene rings is 2. The Morgan fingerprint density at radius 3 is 2.38 bits per heavy atom. The van der Waals surface area contributed by atoms with Crippen LogP contribution < -0.4 is 4.90 Å². The minimum Gasteiger partial charge on any atom is -0.462 e. The molecule has 2 aromatic carbocycles. The number of aromatic nitrogens is 2. The summed E-state index contributed by atoms with van der Waals surface area (Å²) in [6, 6.07) is 14.7. The highest BCUT2D eigenvalue weighted by molar-refractivity contribution is 7.99. The van der Waals surface area contributed by atoms with Crippen molar-refractivity contribution in [2.24, 2.45) is 0 Å². The summed E-state index contributed by atoms with van der Waals surface area (Å²) in [6.45, 7) is 10.3. The second-order valence-electron chi connectivity index (χ2n) is 10.2. The number of hydrogen-bond donors (Lipinski definition) is 0. The second-order valence-corrected chi connectivity index (χ2v) is 11.2. The lowest BCUT2D eigenvalue weighted by Gasteiger charge is -2.23. The van der Waals surface area contributed by atoms with E-state index in [0.717, 1.165) is 41.1 Å². The average molecular weight is 554 g/mol. The fraction of sp³-hybridized carbons (Fsp3) is 0.467. The van der Waals surface area contributed by atoms with Crippen LogP contribution in [0.2, 0.25) is 0 Å². The highest BCUT2D eigenvalue weighted by Crippen LogP contribution is 2.26. The number of nitrogens with zero attached hydrogens (tertiary/aromatic N) is 3. The molecule has 1 amide bonds. The predicted octanol–water partition coefficient (Wildman–Crippen LogP) is 6.26. The molecule has 0 saturated heterocycles. The number of ether oxygens (including phenoxy) is 2. The zero-order valence-corrected chi connectivity index (χ0v) is 24.4. The molecule has 3 rings (SSSR count). The smallest absolute Gasteiger partial charge is 0.338 e. The molecular weight excluding hydrogens is 514 g/mol. The van der Waals surface area contributed by atoms with Crippen molar-refractivity contribution in [3.8, 4) is 0 Å². The third-order valence-corrected chi connectivity index (χ3v) is 6.88. The number of carbonyl (C=O) groups excluding carboxylic acids is 3. The van der Waals surface area contributed by atoms with Crippen molar-refractivity contribution in [2.75, 3.05) is 23.8 Å². The van der Waals surface area contributed by atoms with Crippen LogP contribution in [0.1, 0.15) is 70.7 Å². The Bertz CT molecular complexity index is 1260. The average Bonchev–Trinajstić information content (AvgIpc) is 3.23. The van der Waals surface area contributed by atoms with Gasteiger partial charge in [0.1, 0.15) is 12.1 Å². The van der Waals surface area contributed by atoms with E-state index in [1.165, 1.54) is 0 Å². The van der Waals surface area contributed by atoms with Crippen LogP contribution in [-0.2, 0) is 25.6 Å². The standard InChI is InChI=1S/C30H39N3O5S/c1-6-8-14-26(34)32(23-17-15-22(16-18-23)28(36)37-7-2)19-11-20-39-29-31-24-12-9-10-13-25(24)33(29)21-27(35)38-30(3,4)5/h9-10,12-13,15-18H,6-8,11,14,19-21H2,1-5H3. The van der Waals surface area contributed by atoms with Gasteiger partial charge < -0.3 is 18.9 Å². The second kappa shape index (κ2) is 14.2. The molecule has 39 heavy (non-hydrogen) atoms. The minimum atomic E-state index is -0.566. The van der Waals surface area contributed by atoms with Gasteiger partial charge in [0, 0.05) is 24.4 Å². The van der Waals surface area contributed by atoms with Gasteiger partial charge in [-0.1, -0.05) is 37.2 Å². The number of para-hydroxylation sites is 2. The van der Waals surface area contributed by atoms with E-state index in [9.17, 15) is 14.4 Å². The van der Waals surface area contributed by atoms with Crippen molar-refractivity contribution in [2.45, 2.75) is 77.6 Å². The largest absolute Gasteiger partial charge is 0.462 e. The first-order chi connectivity index (χ1) is 18.6. The summed E-state index contributed by atoms with van der Waals surface area (Å²) in [7, 11) is 0. The summed E-state index contributed by atoms with van der Waals surface area (Å²) in [5, 5.41) is 0.740. The van der Waals surface area contributed by atoms with Crippen LogP contribution in [0.5, 0.6) is 0 Å². The molecule has 0 aliphatic rings. The number of fused-ring (bicyclic) bond motifs is 1. The molecule has 9 heteroatoms. The third-order valence-electron chi connectivity index (χ3n) is 5.82. The van der Waals surface area contributed by atoms with Gasteiger partial charge in [0.15, 0.2) is 5.16 Å². The Morgan fingerprint density at radius 2 is 1.72 bits per heavy atom. The number of hydrogen-bond acceptors (Lipinski definition) is 7. The van der Waals surface area contributed by atoms with Gasteiger partial charge in [0.25, 0.3) is 0 Å². The number of esters is 2. The van der Waals surface area contributed by atoms with Crippen LogP contribution in [-0.4, -0.2) is 51.9 Å². The monoisotopic (exact) mass is 553 g/mol. The number of thioether (sulfide) groups is 1. The molecular formula is C30H39N3O5S. The zero-order valence-electron chi connectivity index (χ0n) is 23.6. The Labute approximate surface area is 235 Å². The van der Waals surface area contributed by atoms with Crippen molar-refractivity contribution < 1.29 is 23.9 Å². The van der Waals surface area contributed by atoms with Crippen molar-refractivity contribution in [1.82, 2.24) is 9.55 Å². The number of carbonyl (C=O) groups is 3. The van der Waals surface area contributed by atoms with Crippen LogP contribution in [0.4, 0.5) is 5.69 Å². The van der Waals surface area contributed by atoms with Gasteiger partial charge in [-0.2, -0.15) is 0 Å². The molecule has 0 N–H and O–H groups in total. The maximum absolute atomic E-state index is 13.1. The van der Waals surface area contributed by atoms with Gasteiger partial charge in [-0.15, -0.1) is 0 Å². The maximum Gasteiger partial charge on any atom is 0.338 e. The SMILES string of the molecule is CCCCC(=O)N(CCCSc1nc2ccccc2n1CC(=O)OC(C)(C)C)c1ccc(C(=O)OCC)cc1. The van der Waals surface area contributed by atoms with Crippen molar-refractivity contribution in [1.29, 1.82) is 0 Å². The van der Waals surface area contributed by atoms with Crippen LogP contribution in [0.25, 0.3) is 11.0 Å². The van der Waals surface area contributed by atoms with Crippen LogP contribution in [0, 0.1) is 0 Å². The highest BCUT2D eigenvalue weighted by Gasteiger charge is 2.21. The molecule has 0 spiro atoms. The van der Waals surface area contributed by atoms with E-state index in [2.05, 4.69) is 6.92 Å². The number of amides is 1. The zero-order chi connectivity index (χ0) is 28.4. The first-order valence-corrected chi connectivity index (χ1v) is 14.5. The number of unbranched alkanes of at least 4 members (excludes halogenated alkanes) is 1. The number of anilines is 1. The summed E-state index contributed by atoms with van der Waals surface area (Å²) in [4.78, 5) is 44.2. The first-order valence-electron chi connectivity index (χ1n) is 13.5. The van der Waals surface area contributed by atoms with E-state index in [1.807, 2.05) is 49.6 Å². The number of imidazole rings is 1. The van der Waals surface area contributed by atoms with Gasteiger partial charge in [0.2, 0.25) is 5.91 Å². The first kappa shape index (κ1) is 30.2. The molecule has 0 atom stereocenters. The summed E-state index contributed by atoms with van der Waals surface area (Å²) in [6.07, 6.45) is 2.94. The molecule has 0 aliphatic carbocycles. The molecule has 210 valence electrons. The van der Waals surface area contributed by atoms with Crippen LogP contribution >= 0.6 is 11.8 Å². The lowest BCUT2D eigenvalue weighted by atomic mass is 10.1. The van der Waals surface area contributed by atoms with Crippen molar-refractivity contribution in [3.63, 3.8) is 0 Å². The van der Waals surface area contributed by atoms with Gasteiger partial charge >= 0.3 is 11.9 Å². The van der Waals surface area contributed by atoms with Crippen LogP contribution in [0.3, 0.4) is 0 Å². The summed E-state index contributed by atoms with van der Waals surface area (Å²) < 4.78 is 12.5. The third kappa shape index (κ3) is 8.85. The van der Waals surface area contributed by atoms with E-state index in [4.69, 9.17) is 14.5 Å². The van der Waals surface area contributed by atoms with Crippen molar-refractivity contribution >= 4 is 46.3 Å². The molecule has 0 bridgehead atoms. The van der Waals surface area contributed by atoms with E-state index < -0.39 is 5.60 Å². The van der Waals surface area contributed by atoms with E-state index in [1.54, 1.807) is 47.9 Å². The lowest BCUT2D eigenvalue weighted by molar-refractivity contribution is -0.155. The van der Waals surface area contributed by atoms with Gasteiger partial charge in [-0.25, -0.2) is 9.78 Å². The van der Waals surface area contributed by atoms with Gasteiger partial charge in [0.05, 0.1) is 23.2 Å². The molecule has 0 unspecified atom stereocenters. The predicted molar refractivity (Wildman–Crippen MR) is 155 cm³/mol. The minimum absolute atomic E-state index is 0.0582. The number of rotatable bonds is 13. The summed E-state index contributed by atoms with van der Waals surface area (Å²) >= 11 is 1.56.